The summed E-state index contributed by atoms with van der Waals surface area (Å²) in [5, 5.41) is 9.11. The minimum absolute atomic E-state index is 0.0287. The van der Waals surface area contributed by atoms with E-state index in [2.05, 4.69) is 4.98 Å². The Morgan fingerprint density at radius 2 is 1.92 bits per heavy atom. The van der Waals surface area contributed by atoms with Crippen LogP contribution in [0.1, 0.15) is 28.9 Å². The molecule has 1 aromatic carbocycles. The zero-order valence-electron chi connectivity index (χ0n) is 15.3. The van der Waals surface area contributed by atoms with Crippen LogP contribution in [0.25, 0.3) is 0 Å². The van der Waals surface area contributed by atoms with E-state index in [0.29, 0.717) is 18.2 Å². The molecule has 0 radical (unpaired) electrons. The number of hydrogen-bond acceptors (Lipinski definition) is 4. The third-order valence-electron chi connectivity index (χ3n) is 5.01. The first-order chi connectivity index (χ1) is 12.5. The Morgan fingerprint density at radius 3 is 2.58 bits per heavy atom. The Bertz CT molecular complexity index is 842. The van der Waals surface area contributed by atoms with Crippen molar-refractivity contribution < 1.29 is 9.90 Å². The fraction of sp³-hybridized carbons (Fsp3) is 0.450. The molecule has 0 saturated carbocycles. The van der Waals surface area contributed by atoms with Crippen LogP contribution in [0.2, 0.25) is 0 Å². The topological polar surface area (TPSA) is 75.4 Å². The second kappa shape index (κ2) is 7.83. The molecule has 1 aliphatic rings. The van der Waals surface area contributed by atoms with E-state index < -0.39 is 0 Å². The van der Waals surface area contributed by atoms with Crippen LogP contribution in [-0.4, -0.2) is 38.6 Å². The molecule has 1 aliphatic heterocycles. The predicted octanol–water partition coefficient (Wildman–Crippen LogP) is 1.44. The van der Waals surface area contributed by atoms with Gasteiger partial charge in [0.1, 0.15) is 6.54 Å². The molecule has 0 spiro atoms. The molecule has 0 unspecified atom stereocenters. The molecule has 1 amide bonds. The maximum atomic E-state index is 12.6. The lowest BCUT2D eigenvalue weighted by molar-refractivity contribution is -0.131. The highest BCUT2D eigenvalue weighted by Gasteiger charge is 2.26. The Morgan fingerprint density at radius 1 is 1.23 bits per heavy atom. The lowest BCUT2D eigenvalue weighted by Crippen LogP contribution is -2.36. The van der Waals surface area contributed by atoms with Crippen molar-refractivity contribution in [3.63, 3.8) is 0 Å². The number of aryl methyl sites for hydroxylation is 2. The summed E-state index contributed by atoms with van der Waals surface area (Å²) >= 11 is 0. The van der Waals surface area contributed by atoms with Gasteiger partial charge in [-0.25, -0.2) is 4.79 Å². The van der Waals surface area contributed by atoms with Gasteiger partial charge in [0, 0.05) is 24.5 Å². The lowest BCUT2D eigenvalue weighted by atomic mass is 9.98. The van der Waals surface area contributed by atoms with Crippen molar-refractivity contribution in [2.24, 2.45) is 5.92 Å². The van der Waals surface area contributed by atoms with E-state index in [4.69, 9.17) is 5.11 Å². The van der Waals surface area contributed by atoms with Crippen molar-refractivity contribution in [1.82, 2.24) is 14.5 Å². The first-order valence-electron chi connectivity index (χ1n) is 8.98. The SMILES string of the molecule is Cc1cc(C)n(CC(=O)N2CC[C@@H](Cc3ccc(CO)cc3)C2)c(=O)n1. The van der Waals surface area contributed by atoms with Crippen LogP contribution in [0.15, 0.2) is 35.1 Å². The van der Waals surface area contributed by atoms with Gasteiger partial charge >= 0.3 is 5.69 Å². The smallest absolute Gasteiger partial charge is 0.348 e. The van der Waals surface area contributed by atoms with Gasteiger partial charge in [-0.15, -0.1) is 0 Å². The Hall–Kier alpha value is -2.47. The van der Waals surface area contributed by atoms with E-state index in [-0.39, 0.29) is 24.7 Å². The van der Waals surface area contributed by atoms with Crippen molar-refractivity contribution in [1.29, 1.82) is 0 Å². The minimum atomic E-state index is -0.365. The van der Waals surface area contributed by atoms with Gasteiger partial charge in [-0.1, -0.05) is 24.3 Å². The molecule has 3 rings (SSSR count). The zero-order valence-corrected chi connectivity index (χ0v) is 15.3. The van der Waals surface area contributed by atoms with Gasteiger partial charge in [0.05, 0.1) is 6.61 Å². The second-order valence-electron chi connectivity index (χ2n) is 7.08. The van der Waals surface area contributed by atoms with E-state index in [0.717, 1.165) is 30.6 Å². The Balaban J connectivity index is 1.59. The molecule has 6 heteroatoms. The molecule has 138 valence electrons. The van der Waals surface area contributed by atoms with E-state index in [1.807, 2.05) is 42.2 Å². The van der Waals surface area contributed by atoms with Crippen LogP contribution < -0.4 is 5.69 Å². The summed E-state index contributed by atoms with van der Waals surface area (Å²) in [4.78, 5) is 30.4. The summed E-state index contributed by atoms with van der Waals surface area (Å²) in [6, 6.07) is 9.77. The number of carbonyl (C=O) groups is 1. The van der Waals surface area contributed by atoms with Crippen LogP contribution in [0, 0.1) is 19.8 Å². The third kappa shape index (κ3) is 4.19. The minimum Gasteiger partial charge on any atom is -0.392 e. The number of nitrogens with zero attached hydrogens (tertiary/aromatic N) is 3. The number of aliphatic hydroxyl groups excluding tert-OH is 1. The van der Waals surface area contributed by atoms with Crippen LogP contribution in [-0.2, 0) is 24.4 Å². The molecule has 1 saturated heterocycles. The first-order valence-corrected chi connectivity index (χ1v) is 8.98. The highest BCUT2D eigenvalue weighted by molar-refractivity contribution is 5.76. The van der Waals surface area contributed by atoms with Crippen LogP contribution in [0.5, 0.6) is 0 Å². The molecule has 1 atom stereocenters. The van der Waals surface area contributed by atoms with Crippen molar-refractivity contribution in [3.8, 4) is 0 Å². The van der Waals surface area contributed by atoms with Gasteiger partial charge in [0.15, 0.2) is 0 Å². The number of carbonyl (C=O) groups excluding carboxylic acids is 1. The summed E-state index contributed by atoms with van der Waals surface area (Å²) in [6.07, 6.45) is 1.88. The first kappa shape index (κ1) is 18.3. The zero-order chi connectivity index (χ0) is 18.7. The molecular formula is C20H25N3O3. The summed E-state index contributed by atoms with van der Waals surface area (Å²) in [5.74, 6) is 0.395. The molecule has 1 aromatic heterocycles. The normalized spacial score (nSPS) is 16.9. The summed E-state index contributed by atoms with van der Waals surface area (Å²) in [5.41, 5.74) is 3.19. The molecule has 2 aromatic rings. The second-order valence-corrected chi connectivity index (χ2v) is 7.08. The number of rotatable bonds is 5. The van der Waals surface area contributed by atoms with Gasteiger partial charge in [-0.2, -0.15) is 4.98 Å². The molecule has 6 nitrogen and oxygen atoms in total. The van der Waals surface area contributed by atoms with Crippen molar-refractivity contribution in [2.45, 2.75) is 39.8 Å². The van der Waals surface area contributed by atoms with Gasteiger partial charge in [0.2, 0.25) is 5.91 Å². The lowest BCUT2D eigenvalue weighted by Gasteiger charge is -2.18. The standard InChI is InChI=1S/C20H25N3O3/c1-14-9-15(2)23(20(26)21-14)12-19(25)22-8-7-18(11-22)10-16-3-5-17(13-24)6-4-16/h3-6,9,18,24H,7-8,10-13H2,1-2H3/t18-/m0/s1. The number of aromatic nitrogens is 2. The number of likely N-dealkylation sites (tertiary alicyclic amines) is 1. The van der Waals surface area contributed by atoms with Crippen molar-refractivity contribution >= 4 is 5.91 Å². The number of hydrogen-bond donors (Lipinski definition) is 1. The maximum Gasteiger partial charge on any atom is 0.348 e. The quantitative estimate of drug-likeness (QED) is 0.881. The van der Waals surface area contributed by atoms with E-state index in [1.54, 1.807) is 6.92 Å². The summed E-state index contributed by atoms with van der Waals surface area (Å²) < 4.78 is 1.44. The van der Waals surface area contributed by atoms with Crippen LogP contribution in [0.4, 0.5) is 0 Å². The van der Waals surface area contributed by atoms with Crippen molar-refractivity contribution in [2.75, 3.05) is 13.1 Å². The molecule has 2 heterocycles. The van der Waals surface area contributed by atoms with E-state index in [9.17, 15) is 9.59 Å². The maximum absolute atomic E-state index is 12.6. The highest BCUT2D eigenvalue weighted by atomic mass is 16.3. The van der Waals surface area contributed by atoms with Crippen LogP contribution in [0.3, 0.4) is 0 Å². The number of amides is 1. The Kier molecular flexibility index (Phi) is 5.52. The molecule has 0 bridgehead atoms. The molecule has 1 fully saturated rings. The fourth-order valence-corrected chi connectivity index (χ4v) is 3.54. The number of aliphatic hydroxyl groups is 1. The molecular weight excluding hydrogens is 330 g/mol. The number of benzene rings is 1. The molecule has 1 N–H and O–H groups in total. The van der Waals surface area contributed by atoms with Crippen LogP contribution >= 0.6 is 0 Å². The van der Waals surface area contributed by atoms with E-state index in [1.165, 1.54) is 10.1 Å². The van der Waals surface area contributed by atoms with Gasteiger partial charge in [0.25, 0.3) is 0 Å². The summed E-state index contributed by atoms with van der Waals surface area (Å²) in [6.45, 7) is 5.15. The monoisotopic (exact) mass is 355 g/mol. The van der Waals surface area contributed by atoms with Gasteiger partial charge < -0.3 is 10.0 Å². The van der Waals surface area contributed by atoms with E-state index >= 15 is 0 Å². The fourth-order valence-electron chi connectivity index (χ4n) is 3.54. The average Bonchev–Trinajstić information content (AvgIpc) is 3.07. The highest BCUT2D eigenvalue weighted by Crippen LogP contribution is 2.21. The Labute approximate surface area is 153 Å². The third-order valence-corrected chi connectivity index (χ3v) is 5.01. The average molecular weight is 355 g/mol. The van der Waals surface area contributed by atoms with Gasteiger partial charge in [-0.3, -0.25) is 9.36 Å². The summed E-state index contributed by atoms with van der Waals surface area (Å²) in [7, 11) is 0. The predicted molar refractivity (Wildman–Crippen MR) is 98.7 cm³/mol. The van der Waals surface area contributed by atoms with Crippen molar-refractivity contribution in [3.05, 3.63) is 63.3 Å². The molecule has 26 heavy (non-hydrogen) atoms. The molecule has 0 aliphatic carbocycles. The van der Waals surface area contributed by atoms with Gasteiger partial charge in [-0.05, 0) is 49.8 Å². The largest absolute Gasteiger partial charge is 0.392 e.